The summed E-state index contributed by atoms with van der Waals surface area (Å²) in [6, 6.07) is 7.42. The van der Waals surface area contributed by atoms with Gasteiger partial charge < -0.3 is 5.32 Å². The number of hydrogen-bond acceptors (Lipinski definition) is 4. The van der Waals surface area contributed by atoms with Crippen molar-refractivity contribution >= 4 is 28.6 Å². The van der Waals surface area contributed by atoms with Crippen molar-refractivity contribution < 1.29 is 4.79 Å². The van der Waals surface area contributed by atoms with Gasteiger partial charge >= 0.3 is 0 Å². The van der Waals surface area contributed by atoms with E-state index in [2.05, 4.69) is 24.1 Å². The van der Waals surface area contributed by atoms with Crippen LogP contribution in [0.4, 0.5) is 0 Å². The molecule has 1 aromatic heterocycles. The molecule has 27 heavy (non-hydrogen) atoms. The molecule has 1 amide bonds. The number of nitrogens with zero attached hydrogens (tertiary/aromatic N) is 2. The van der Waals surface area contributed by atoms with Crippen molar-refractivity contribution in [2.45, 2.75) is 64.6 Å². The molecule has 0 saturated carbocycles. The molecular weight excluding hydrogens is 358 g/mol. The summed E-state index contributed by atoms with van der Waals surface area (Å²) >= 11 is 1.34. The van der Waals surface area contributed by atoms with Crippen LogP contribution < -0.4 is 10.9 Å². The molecule has 0 aliphatic rings. The Balaban J connectivity index is 2.10. The normalized spacial score (nSPS) is 11.3. The Labute approximate surface area is 166 Å². The molecular formula is C21H31N3O2S. The van der Waals surface area contributed by atoms with Gasteiger partial charge in [0.25, 0.3) is 5.56 Å². The third kappa shape index (κ3) is 6.69. The van der Waals surface area contributed by atoms with E-state index >= 15 is 0 Å². The Morgan fingerprint density at radius 2 is 1.93 bits per heavy atom. The van der Waals surface area contributed by atoms with Crippen molar-refractivity contribution in [3.05, 3.63) is 34.6 Å². The van der Waals surface area contributed by atoms with Crippen molar-refractivity contribution in [3.8, 4) is 0 Å². The van der Waals surface area contributed by atoms with Gasteiger partial charge in [0.2, 0.25) is 5.91 Å². The molecule has 2 rings (SSSR count). The van der Waals surface area contributed by atoms with Gasteiger partial charge in [0.1, 0.15) is 0 Å². The highest BCUT2D eigenvalue weighted by molar-refractivity contribution is 7.99. The molecule has 0 saturated heterocycles. The second kappa shape index (κ2) is 11.1. The quantitative estimate of drug-likeness (QED) is 0.355. The summed E-state index contributed by atoms with van der Waals surface area (Å²) < 4.78 is 1.74. The Bertz CT molecular complexity index is 802. The summed E-state index contributed by atoms with van der Waals surface area (Å²) in [4.78, 5) is 29.4. The number of unbranched alkanes of at least 4 members (excludes halogenated alkanes) is 3. The van der Waals surface area contributed by atoms with Crippen LogP contribution in [0.25, 0.3) is 10.9 Å². The molecule has 0 radical (unpaired) electrons. The fourth-order valence-corrected chi connectivity index (χ4v) is 3.86. The number of thioether (sulfide) groups is 1. The van der Waals surface area contributed by atoms with E-state index < -0.39 is 0 Å². The number of carbonyl (C=O) groups excluding carboxylic acids is 1. The fourth-order valence-electron chi connectivity index (χ4n) is 3.01. The number of rotatable bonds is 11. The van der Waals surface area contributed by atoms with E-state index in [-0.39, 0.29) is 17.2 Å². The lowest BCUT2D eigenvalue weighted by Crippen LogP contribution is -2.27. The first-order valence-electron chi connectivity index (χ1n) is 9.92. The van der Waals surface area contributed by atoms with Gasteiger partial charge in [-0.05, 0) is 31.4 Å². The molecule has 2 aromatic rings. The Kier molecular flexibility index (Phi) is 8.85. The first kappa shape index (κ1) is 21.5. The summed E-state index contributed by atoms with van der Waals surface area (Å²) in [6.07, 6.45) is 5.74. The minimum absolute atomic E-state index is 0.0128. The van der Waals surface area contributed by atoms with Gasteiger partial charge in [0, 0.05) is 13.1 Å². The molecule has 0 aliphatic carbocycles. The third-order valence-corrected chi connectivity index (χ3v) is 5.42. The molecule has 0 spiro atoms. The van der Waals surface area contributed by atoms with E-state index in [1.807, 2.05) is 31.2 Å². The second-order valence-corrected chi connectivity index (χ2v) is 8.15. The highest BCUT2D eigenvalue weighted by atomic mass is 32.2. The van der Waals surface area contributed by atoms with Gasteiger partial charge in [0.15, 0.2) is 5.16 Å². The largest absolute Gasteiger partial charge is 0.356 e. The highest BCUT2D eigenvalue weighted by Gasteiger charge is 2.12. The predicted octanol–water partition coefficient (Wildman–Crippen LogP) is 4.23. The number of benzene rings is 1. The van der Waals surface area contributed by atoms with Crippen molar-refractivity contribution in [1.29, 1.82) is 0 Å². The number of hydrogen-bond donors (Lipinski definition) is 1. The van der Waals surface area contributed by atoms with Crippen LogP contribution in [-0.2, 0) is 11.3 Å². The van der Waals surface area contributed by atoms with Crippen LogP contribution in [0, 0.1) is 5.92 Å². The van der Waals surface area contributed by atoms with Crippen molar-refractivity contribution in [1.82, 2.24) is 14.9 Å². The maximum Gasteiger partial charge on any atom is 0.262 e. The molecule has 0 unspecified atom stereocenters. The maximum absolute atomic E-state index is 12.9. The summed E-state index contributed by atoms with van der Waals surface area (Å²) in [5.41, 5.74) is 0.676. The third-order valence-electron chi connectivity index (χ3n) is 4.45. The minimum Gasteiger partial charge on any atom is -0.356 e. The standard InChI is InChI=1S/C21H31N3O2S/c1-4-22-19(25)15-27-21-23-18-13-9-8-12-17(18)20(26)24(21)14-10-6-5-7-11-16(2)3/h8-9,12-13,16H,4-7,10-11,14-15H2,1-3H3,(H,22,25). The van der Waals surface area contributed by atoms with E-state index in [0.717, 1.165) is 18.8 Å². The number of carbonyl (C=O) groups is 1. The summed E-state index contributed by atoms with van der Waals surface area (Å²) in [7, 11) is 0. The molecule has 148 valence electrons. The van der Waals surface area contributed by atoms with Crippen LogP contribution >= 0.6 is 11.8 Å². The Hall–Kier alpha value is -1.82. The van der Waals surface area contributed by atoms with E-state index in [4.69, 9.17) is 0 Å². The van der Waals surface area contributed by atoms with Gasteiger partial charge in [0.05, 0.1) is 16.7 Å². The number of fused-ring (bicyclic) bond motifs is 1. The highest BCUT2D eigenvalue weighted by Crippen LogP contribution is 2.19. The zero-order valence-electron chi connectivity index (χ0n) is 16.7. The lowest BCUT2D eigenvalue weighted by Gasteiger charge is -2.13. The molecule has 1 heterocycles. The molecule has 0 fully saturated rings. The molecule has 0 aliphatic heterocycles. The Morgan fingerprint density at radius 1 is 1.19 bits per heavy atom. The number of amides is 1. The van der Waals surface area contributed by atoms with Crippen LogP contribution in [-0.4, -0.2) is 27.8 Å². The molecule has 6 heteroatoms. The average molecular weight is 390 g/mol. The van der Waals surface area contributed by atoms with E-state index in [1.54, 1.807) is 4.57 Å². The van der Waals surface area contributed by atoms with Crippen molar-refractivity contribution in [3.63, 3.8) is 0 Å². The molecule has 5 nitrogen and oxygen atoms in total. The summed E-state index contributed by atoms with van der Waals surface area (Å²) in [5.74, 6) is 0.979. The lowest BCUT2D eigenvalue weighted by atomic mass is 10.0. The second-order valence-electron chi connectivity index (χ2n) is 7.21. The summed E-state index contributed by atoms with van der Waals surface area (Å²) in [6.45, 7) is 7.65. The van der Waals surface area contributed by atoms with Gasteiger partial charge in [-0.25, -0.2) is 4.98 Å². The lowest BCUT2D eigenvalue weighted by molar-refractivity contribution is -0.118. The predicted molar refractivity (Wildman–Crippen MR) is 113 cm³/mol. The van der Waals surface area contributed by atoms with E-state index in [1.165, 1.54) is 31.0 Å². The number of nitrogens with one attached hydrogen (secondary N) is 1. The van der Waals surface area contributed by atoms with Crippen LogP contribution in [0.3, 0.4) is 0 Å². The van der Waals surface area contributed by atoms with Gasteiger partial charge in [-0.2, -0.15) is 0 Å². The van der Waals surface area contributed by atoms with Crippen LogP contribution in [0.5, 0.6) is 0 Å². The molecule has 1 N–H and O–H groups in total. The van der Waals surface area contributed by atoms with E-state index in [9.17, 15) is 9.59 Å². The van der Waals surface area contributed by atoms with Gasteiger partial charge in [-0.3, -0.25) is 14.2 Å². The SMILES string of the molecule is CCNC(=O)CSc1nc2ccccc2c(=O)n1CCCCCCC(C)C. The maximum atomic E-state index is 12.9. The van der Waals surface area contributed by atoms with Gasteiger partial charge in [-0.1, -0.05) is 63.4 Å². The number of aromatic nitrogens is 2. The van der Waals surface area contributed by atoms with Crippen molar-refractivity contribution in [2.75, 3.05) is 12.3 Å². The monoisotopic (exact) mass is 389 g/mol. The first-order valence-corrected chi connectivity index (χ1v) is 10.9. The van der Waals surface area contributed by atoms with Crippen LogP contribution in [0.15, 0.2) is 34.2 Å². The zero-order chi connectivity index (χ0) is 19.6. The molecule has 1 aromatic carbocycles. The van der Waals surface area contributed by atoms with E-state index in [0.29, 0.717) is 29.1 Å². The molecule has 0 bridgehead atoms. The summed E-state index contributed by atoms with van der Waals surface area (Å²) in [5, 5.41) is 4.06. The molecule has 0 atom stereocenters. The topological polar surface area (TPSA) is 64.0 Å². The minimum atomic E-state index is -0.0369. The fraction of sp³-hybridized carbons (Fsp3) is 0.571. The average Bonchev–Trinajstić information content (AvgIpc) is 2.64. The first-order chi connectivity index (χ1) is 13.0. The van der Waals surface area contributed by atoms with Gasteiger partial charge in [-0.15, -0.1) is 0 Å². The zero-order valence-corrected chi connectivity index (χ0v) is 17.5. The van der Waals surface area contributed by atoms with Crippen LogP contribution in [0.2, 0.25) is 0 Å². The Morgan fingerprint density at radius 3 is 2.67 bits per heavy atom. The number of para-hydroxylation sites is 1. The van der Waals surface area contributed by atoms with Crippen molar-refractivity contribution in [2.24, 2.45) is 5.92 Å². The smallest absolute Gasteiger partial charge is 0.262 e. The van der Waals surface area contributed by atoms with Crippen LogP contribution in [0.1, 0.15) is 52.9 Å².